The van der Waals surface area contributed by atoms with Crippen LogP contribution in [0.25, 0.3) is 6.08 Å². The zero-order valence-corrected chi connectivity index (χ0v) is 20.7. The third-order valence-electron chi connectivity index (χ3n) is 5.37. The lowest BCUT2D eigenvalue weighted by Crippen LogP contribution is -2.54. The summed E-state index contributed by atoms with van der Waals surface area (Å²) in [5.74, 6) is -0.611. The van der Waals surface area contributed by atoms with Gasteiger partial charge in [-0.1, -0.05) is 17.7 Å². The number of benzene rings is 3. The van der Waals surface area contributed by atoms with Gasteiger partial charge in [0.1, 0.15) is 23.7 Å². The number of amides is 5. The van der Waals surface area contributed by atoms with Crippen LogP contribution in [0.2, 0.25) is 5.02 Å². The number of halogens is 1. The van der Waals surface area contributed by atoms with Crippen LogP contribution in [0.15, 0.2) is 72.3 Å². The first-order chi connectivity index (χ1) is 17.7. The molecule has 0 spiro atoms. The highest BCUT2D eigenvalue weighted by molar-refractivity contribution is 6.39. The number of carbonyl (C=O) groups is 4. The zero-order valence-electron chi connectivity index (χ0n) is 19.9. The van der Waals surface area contributed by atoms with Crippen molar-refractivity contribution < 1.29 is 28.7 Å². The van der Waals surface area contributed by atoms with Crippen LogP contribution in [0.3, 0.4) is 0 Å². The Bertz CT molecular complexity index is 1400. The molecule has 0 unspecified atom stereocenters. The van der Waals surface area contributed by atoms with Crippen LogP contribution in [-0.2, 0) is 21.0 Å². The van der Waals surface area contributed by atoms with Gasteiger partial charge in [-0.05, 0) is 72.3 Å². The summed E-state index contributed by atoms with van der Waals surface area (Å²) in [7, 11) is 1.52. The molecule has 0 radical (unpaired) electrons. The van der Waals surface area contributed by atoms with Gasteiger partial charge in [-0.2, -0.15) is 0 Å². The smallest absolute Gasteiger partial charge is 0.335 e. The SMILES string of the molecule is COc1ccc(C=C2C(=O)NC(=O)N(c3ccc(Cl)cc3)C2=O)cc1COc1ccc(NC(C)=O)cc1. The Balaban J connectivity index is 1.57. The number of ether oxygens (including phenoxy) is 2. The van der Waals surface area contributed by atoms with Gasteiger partial charge in [-0.25, -0.2) is 9.69 Å². The maximum atomic E-state index is 13.1. The second-order valence-electron chi connectivity index (χ2n) is 8.00. The molecule has 0 atom stereocenters. The minimum atomic E-state index is -0.845. The molecule has 1 heterocycles. The molecule has 0 bridgehead atoms. The lowest BCUT2D eigenvalue weighted by Gasteiger charge is -2.26. The Hall–Kier alpha value is -4.63. The van der Waals surface area contributed by atoms with E-state index < -0.39 is 17.8 Å². The third-order valence-corrected chi connectivity index (χ3v) is 5.62. The Labute approximate surface area is 217 Å². The van der Waals surface area contributed by atoms with Gasteiger partial charge >= 0.3 is 6.03 Å². The average molecular weight is 520 g/mol. The summed E-state index contributed by atoms with van der Waals surface area (Å²) in [4.78, 5) is 50.1. The van der Waals surface area contributed by atoms with Gasteiger partial charge in [0.2, 0.25) is 5.91 Å². The number of barbiturate groups is 1. The van der Waals surface area contributed by atoms with Crippen molar-refractivity contribution in [3.8, 4) is 11.5 Å². The fourth-order valence-corrected chi connectivity index (χ4v) is 3.77. The Morgan fingerprint density at radius 1 is 1.03 bits per heavy atom. The van der Waals surface area contributed by atoms with Crippen LogP contribution in [0.1, 0.15) is 18.1 Å². The van der Waals surface area contributed by atoms with Crippen molar-refractivity contribution in [3.63, 3.8) is 0 Å². The maximum absolute atomic E-state index is 13.1. The van der Waals surface area contributed by atoms with Crippen molar-refractivity contribution >= 4 is 52.8 Å². The molecule has 5 amide bonds. The van der Waals surface area contributed by atoms with E-state index in [0.717, 1.165) is 4.90 Å². The Morgan fingerprint density at radius 2 is 1.73 bits per heavy atom. The summed E-state index contributed by atoms with van der Waals surface area (Å²) >= 11 is 5.91. The minimum absolute atomic E-state index is 0.134. The van der Waals surface area contributed by atoms with Crippen molar-refractivity contribution in [2.75, 3.05) is 17.3 Å². The van der Waals surface area contributed by atoms with E-state index in [2.05, 4.69) is 10.6 Å². The number of hydrogen-bond acceptors (Lipinski definition) is 6. The number of methoxy groups -OCH3 is 1. The highest BCUT2D eigenvalue weighted by atomic mass is 35.5. The van der Waals surface area contributed by atoms with Gasteiger partial charge in [0.15, 0.2) is 0 Å². The molecular formula is C27H22ClN3O6. The fourth-order valence-electron chi connectivity index (χ4n) is 3.65. The van der Waals surface area contributed by atoms with E-state index in [0.29, 0.717) is 33.3 Å². The summed E-state index contributed by atoms with van der Waals surface area (Å²) in [6, 6.07) is 17.2. The van der Waals surface area contributed by atoms with E-state index in [1.54, 1.807) is 54.6 Å². The van der Waals surface area contributed by atoms with Crippen LogP contribution in [0.4, 0.5) is 16.2 Å². The number of nitrogens with zero attached hydrogens (tertiary/aromatic N) is 1. The largest absolute Gasteiger partial charge is 0.496 e. The number of anilines is 2. The predicted molar refractivity (Wildman–Crippen MR) is 139 cm³/mol. The lowest BCUT2D eigenvalue weighted by molar-refractivity contribution is -0.122. The second kappa shape index (κ2) is 11.0. The molecule has 3 aromatic carbocycles. The zero-order chi connectivity index (χ0) is 26.5. The molecule has 0 aromatic heterocycles. The third kappa shape index (κ3) is 5.96. The number of rotatable bonds is 7. The Morgan fingerprint density at radius 3 is 2.38 bits per heavy atom. The van der Waals surface area contributed by atoms with Crippen molar-refractivity contribution in [1.29, 1.82) is 0 Å². The molecule has 3 aromatic rings. The standard InChI is InChI=1S/C27H22ClN3O6/c1-16(32)29-20-6-10-22(11-7-20)37-15-18-13-17(3-12-24(18)36-2)14-23-25(33)30-27(35)31(26(23)34)21-8-4-19(28)5-9-21/h3-14H,15H2,1-2H3,(H,29,32)(H,30,33,35). The second-order valence-corrected chi connectivity index (χ2v) is 8.44. The molecule has 9 nitrogen and oxygen atoms in total. The molecule has 1 saturated heterocycles. The van der Waals surface area contributed by atoms with E-state index in [4.69, 9.17) is 21.1 Å². The molecule has 188 valence electrons. The van der Waals surface area contributed by atoms with E-state index in [1.165, 1.54) is 32.2 Å². The summed E-state index contributed by atoms with van der Waals surface area (Å²) in [5, 5.41) is 5.32. The Kier molecular flexibility index (Phi) is 7.55. The monoisotopic (exact) mass is 519 g/mol. The quantitative estimate of drug-likeness (QED) is 0.349. The number of carbonyl (C=O) groups excluding carboxylic acids is 4. The maximum Gasteiger partial charge on any atom is 0.335 e. The normalized spacial score (nSPS) is 14.4. The van der Waals surface area contributed by atoms with Gasteiger partial charge in [0.05, 0.1) is 12.8 Å². The van der Waals surface area contributed by atoms with E-state index in [9.17, 15) is 19.2 Å². The lowest BCUT2D eigenvalue weighted by atomic mass is 10.0. The fraction of sp³-hybridized carbons (Fsp3) is 0.111. The number of nitrogens with one attached hydrogen (secondary N) is 2. The minimum Gasteiger partial charge on any atom is -0.496 e. The van der Waals surface area contributed by atoms with Gasteiger partial charge in [-0.15, -0.1) is 0 Å². The number of hydrogen-bond donors (Lipinski definition) is 2. The molecule has 0 aliphatic carbocycles. The molecule has 37 heavy (non-hydrogen) atoms. The molecule has 1 fully saturated rings. The number of imide groups is 2. The molecule has 2 N–H and O–H groups in total. The topological polar surface area (TPSA) is 114 Å². The van der Waals surface area contributed by atoms with Crippen LogP contribution in [-0.4, -0.2) is 30.9 Å². The van der Waals surface area contributed by atoms with E-state index >= 15 is 0 Å². The van der Waals surface area contributed by atoms with Crippen LogP contribution < -0.4 is 25.0 Å². The van der Waals surface area contributed by atoms with Crippen LogP contribution in [0.5, 0.6) is 11.5 Å². The summed E-state index contributed by atoms with van der Waals surface area (Å²) < 4.78 is 11.3. The molecule has 1 aliphatic heterocycles. The summed E-state index contributed by atoms with van der Waals surface area (Å²) in [5.41, 5.74) is 1.91. The molecule has 1 aliphatic rings. The van der Waals surface area contributed by atoms with Gasteiger partial charge < -0.3 is 14.8 Å². The summed E-state index contributed by atoms with van der Waals surface area (Å²) in [6.45, 7) is 1.56. The van der Waals surface area contributed by atoms with Crippen molar-refractivity contribution in [1.82, 2.24) is 5.32 Å². The summed E-state index contributed by atoms with van der Waals surface area (Å²) in [6.07, 6.45) is 1.40. The molecular weight excluding hydrogens is 498 g/mol. The van der Waals surface area contributed by atoms with Crippen LogP contribution in [0, 0.1) is 0 Å². The number of urea groups is 1. The molecule has 10 heteroatoms. The predicted octanol–water partition coefficient (Wildman–Crippen LogP) is 4.55. The van der Waals surface area contributed by atoms with Crippen LogP contribution >= 0.6 is 11.6 Å². The highest BCUT2D eigenvalue weighted by Crippen LogP contribution is 2.27. The highest BCUT2D eigenvalue weighted by Gasteiger charge is 2.36. The van der Waals surface area contributed by atoms with Crippen molar-refractivity contribution in [3.05, 3.63) is 88.5 Å². The van der Waals surface area contributed by atoms with Crippen molar-refractivity contribution in [2.24, 2.45) is 0 Å². The van der Waals surface area contributed by atoms with Gasteiger partial charge in [-0.3, -0.25) is 19.7 Å². The molecule has 0 saturated carbocycles. The first-order valence-electron chi connectivity index (χ1n) is 11.1. The van der Waals surface area contributed by atoms with Crippen molar-refractivity contribution in [2.45, 2.75) is 13.5 Å². The van der Waals surface area contributed by atoms with E-state index in [1.807, 2.05) is 0 Å². The van der Waals surface area contributed by atoms with Gasteiger partial charge in [0.25, 0.3) is 11.8 Å². The van der Waals surface area contributed by atoms with Gasteiger partial charge in [0, 0.05) is 23.2 Å². The van der Waals surface area contributed by atoms with E-state index in [-0.39, 0.29) is 23.8 Å². The first-order valence-corrected chi connectivity index (χ1v) is 11.5. The average Bonchev–Trinajstić information content (AvgIpc) is 2.87. The first kappa shape index (κ1) is 25.5. The molecule has 4 rings (SSSR count).